The van der Waals surface area contributed by atoms with Gasteiger partial charge in [0.25, 0.3) is 5.91 Å². The van der Waals surface area contributed by atoms with E-state index in [1.807, 2.05) is 0 Å². The number of sulfone groups is 1. The van der Waals surface area contributed by atoms with Gasteiger partial charge in [-0.05, 0) is 36.8 Å². The zero-order chi connectivity index (χ0) is 20.3. The van der Waals surface area contributed by atoms with Crippen LogP contribution in [0.4, 0.5) is 10.8 Å². The highest BCUT2D eigenvalue weighted by Gasteiger charge is 2.22. The maximum Gasteiger partial charge on any atom is 0.258 e. The molecule has 0 radical (unpaired) electrons. The zero-order valence-electron chi connectivity index (χ0n) is 15.4. The second-order valence-corrected chi connectivity index (χ2v) is 9.26. The minimum Gasteiger partial charge on any atom is -0.326 e. The maximum atomic E-state index is 12.7. The zero-order valence-corrected chi connectivity index (χ0v) is 17.0. The molecule has 3 rings (SSSR count). The summed E-state index contributed by atoms with van der Waals surface area (Å²) in [4.78, 5) is 28.3. The average molecular weight is 418 g/mol. The number of nitrogens with one attached hydrogen (secondary N) is 2. The summed E-state index contributed by atoms with van der Waals surface area (Å²) in [5.74, 6) is -0.733. The number of thiazole rings is 1. The standard InChI is InChI=1S/C19H19N3O4S2/c1-3-10-28(25,26)17-7-5-4-6-14(17)18(24)22-19-21-15-9-8-13(20-12(2)23)11-16(15)27-19/h4-9,11H,3,10H2,1-2H3,(H,20,23)(H,21,22,24). The first-order valence-electron chi connectivity index (χ1n) is 8.61. The van der Waals surface area contributed by atoms with E-state index in [-0.39, 0.29) is 22.1 Å². The van der Waals surface area contributed by atoms with Gasteiger partial charge in [0, 0.05) is 12.6 Å². The fourth-order valence-electron chi connectivity index (χ4n) is 2.73. The number of hydrogen-bond donors (Lipinski definition) is 2. The monoisotopic (exact) mass is 417 g/mol. The van der Waals surface area contributed by atoms with Gasteiger partial charge in [-0.25, -0.2) is 13.4 Å². The van der Waals surface area contributed by atoms with E-state index in [0.29, 0.717) is 22.8 Å². The number of carbonyl (C=O) groups is 2. The molecule has 1 heterocycles. The molecule has 0 aliphatic rings. The first kappa shape index (κ1) is 20.0. The van der Waals surface area contributed by atoms with Crippen LogP contribution in [0.3, 0.4) is 0 Å². The van der Waals surface area contributed by atoms with Gasteiger partial charge < -0.3 is 5.32 Å². The molecule has 0 aliphatic heterocycles. The molecule has 9 heteroatoms. The third-order valence-corrected chi connectivity index (χ3v) is 6.77. The van der Waals surface area contributed by atoms with Crippen LogP contribution in [0, 0.1) is 0 Å². The van der Waals surface area contributed by atoms with Crippen LogP contribution in [-0.2, 0) is 14.6 Å². The van der Waals surface area contributed by atoms with Crippen molar-refractivity contribution in [1.82, 2.24) is 4.98 Å². The molecule has 1 aromatic heterocycles. The van der Waals surface area contributed by atoms with Crippen LogP contribution >= 0.6 is 11.3 Å². The fraction of sp³-hybridized carbons (Fsp3) is 0.211. The van der Waals surface area contributed by atoms with Gasteiger partial charge in [-0.1, -0.05) is 30.4 Å². The smallest absolute Gasteiger partial charge is 0.258 e. The highest BCUT2D eigenvalue weighted by Crippen LogP contribution is 2.29. The van der Waals surface area contributed by atoms with Gasteiger partial charge in [-0.3, -0.25) is 14.9 Å². The first-order valence-corrected chi connectivity index (χ1v) is 11.1. The summed E-state index contributed by atoms with van der Waals surface area (Å²) in [6.07, 6.45) is 0.465. The molecular formula is C19H19N3O4S2. The summed E-state index contributed by atoms with van der Waals surface area (Å²) in [5, 5.41) is 5.72. The molecule has 0 aliphatic carbocycles. The van der Waals surface area contributed by atoms with E-state index in [4.69, 9.17) is 0 Å². The van der Waals surface area contributed by atoms with Crippen LogP contribution in [0.5, 0.6) is 0 Å². The third-order valence-electron chi connectivity index (χ3n) is 3.87. The normalized spacial score (nSPS) is 11.4. The molecule has 0 saturated carbocycles. The molecule has 0 spiro atoms. The van der Waals surface area contributed by atoms with Crippen molar-refractivity contribution in [3.8, 4) is 0 Å². The molecule has 0 fully saturated rings. The molecule has 2 N–H and O–H groups in total. The Labute approximate surface area is 166 Å². The van der Waals surface area contributed by atoms with Gasteiger partial charge in [-0.15, -0.1) is 0 Å². The van der Waals surface area contributed by atoms with Gasteiger partial charge in [0.1, 0.15) is 0 Å². The number of rotatable bonds is 6. The highest BCUT2D eigenvalue weighted by molar-refractivity contribution is 7.91. The van der Waals surface area contributed by atoms with E-state index in [1.54, 1.807) is 37.3 Å². The molecule has 0 atom stereocenters. The molecule has 7 nitrogen and oxygen atoms in total. The first-order chi connectivity index (χ1) is 13.3. The predicted octanol–water partition coefficient (Wildman–Crippen LogP) is 3.69. The van der Waals surface area contributed by atoms with Crippen LogP contribution in [0.25, 0.3) is 10.2 Å². The Morgan fingerprint density at radius 2 is 1.86 bits per heavy atom. The summed E-state index contributed by atoms with van der Waals surface area (Å²) >= 11 is 1.24. The Balaban J connectivity index is 1.89. The third kappa shape index (κ3) is 4.37. The summed E-state index contributed by atoms with van der Waals surface area (Å²) in [5.41, 5.74) is 1.40. The van der Waals surface area contributed by atoms with Crippen molar-refractivity contribution in [2.75, 3.05) is 16.4 Å². The number of nitrogens with zero attached hydrogens (tertiary/aromatic N) is 1. The highest BCUT2D eigenvalue weighted by atomic mass is 32.2. The lowest BCUT2D eigenvalue weighted by Crippen LogP contribution is -2.17. The van der Waals surface area contributed by atoms with Crippen molar-refractivity contribution in [2.24, 2.45) is 0 Å². The Hall–Kier alpha value is -2.78. The molecule has 2 aromatic carbocycles. The lowest BCUT2D eigenvalue weighted by atomic mass is 10.2. The van der Waals surface area contributed by atoms with Crippen molar-refractivity contribution in [1.29, 1.82) is 0 Å². The van der Waals surface area contributed by atoms with Crippen molar-refractivity contribution < 1.29 is 18.0 Å². The molecule has 2 amide bonds. The number of amides is 2. The van der Waals surface area contributed by atoms with E-state index in [0.717, 1.165) is 4.70 Å². The topological polar surface area (TPSA) is 105 Å². The van der Waals surface area contributed by atoms with Crippen LogP contribution in [0.2, 0.25) is 0 Å². The summed E-state index contributed by atoms with van der Waals surface area (Å²) in [7, 11) is -3.54. The van der Waals surface area contributed by atoms with Crippen LogP contribution in [-0.4, -0.2) is 31.0 Å². The fourth-order valence-corrected chi connectivity index (χ4v) is 5.17. The van der Waals surface area contributed by atoms with E-state index in [9.17, 15) is 18.0 Å². The van der Waals surface area contributed by atoms with Crippen LogP contribution in [0.15, 0.2) is 47.4 Å². The van der Waals surface area contributed by atoms with E-state index in [1.165, 1.54) is 30.4 Å². The van der Waals surface area contributed by atoms with Gasteiger partial charge in [0.15, 0.2) is 15.0 Å². The van der Waals surface area contributed by atoms with Gasteiger partial charge in [0.2, 0.25) is 5.91 Å². The maximum absolute atomic E-state index is 12.7. The van der Waals surface area contributed by atoms with Crippen LogP contribution < -0.4 is 10.6 Å². The average Bonchev–Trinajstić information content (AvgIpc) is 3.02. The summed E-state index contributed by atoms with van der Waals surface area (Å²) in [6.45, 7) is 3.20. The van der Waals surface area contributed by atoms with Crippen molar-refractivity contribution >= 4 is 54.0 Å². The number of carbonyl (C=O) groups excluding carboxylic acids is 2. The summed E-state index contributed by atoms with van der Waals surface area (Å²) < 4.78 is 25.7. The molecule has 28 heavy (non-hydrogen) atoms. The number of anilines is 2. The largest absolute Gasteiger partial charge is 0.326 e. The van der Waals surface area contributed by atoms with Gasteiger partial charge >= 0.3 is 0 Å². The minimum atomic E-state index is -3.54. The summed E-state index contributed by atoms with van der Waals surface area (Å²) in [6, 6.07) is 11.4. The molecule has 0 saturated heterocycles. The molecule has 3 aromatic rings. The molecule has 0 unspecified atom stereocenters. The Morgan fingerprint density at radius 1 is 1.11 bits per heavy atom. The Morgan fingerprint density at radius 3 is 2.57 bits per heavy atom. The van der Waals surface area contributed by atoms with Gasteiger partial charge in [0.05, 0.1) is 26.4 Å². The van der Waals surface area contributed by atoms with Crippen LogP contribution in [0.1, 0.15) is 30.6 Å². The lowest BCUT2D eigenvalue weighted by molar-refractivity contribution is -0.114. The number of aromatic nitrogens is 1. The SMILES string of the molecule is CCCS(=O)(=O)c1ccccc1C(=O)Nc1nc2ccc(NC(C)=O)cc2s1. The van der Waals surface area contributed by atoms with Crippen molar-refractivity contribution in [3.63, 3.8) is 0 Å². The molecule has 0 bridgehead atoms. The van der Waals surface area contributed by atoms with Crippen molar-refractivity contribution in [3.05, 3.63) is 48.0 Å². The molecular weight excluding hydrogens is 398 g/mol. The number of fused-ring (bicyclic) bond motifs is 1. The predicted molar refractivity (Wildman–Crippen MR) is 111 cm³/mol. The quantitative estimate of drug-likeness (QED) is 0.636. The Bertz CT molecular complexity index is 1150. The minimum absolute atomic E-state index is 0.0170. The van der Waals surface area contributed by atoms with E-state index in [2.05, 4.69) is 15.6 Å². The van der Waals surface area contributed by atoms with E-state index < -0.39 is 15.7 Å². The second-order valence-electron chi connectivity index (χ2n) is 6.15. The van der Waals surface area contributed by atoms with E-state index >= 15 is 0 Å². The second kappa shape index (κ2) is 8.07. The lowest BCUT2D eigenvalue weighted by Gasteiger charge is -2.09. The van der Waals surface area contributed by atoms with Crippen molar-refractivity contribution in [2.45, 2.75) is 25.2 Å². The molecule has 146 valence electrons. The number of benzene rings is 2. The Kier molecular flexibility index (Phi) is 5.76. The van der Waals surface area contributed by atoms with Gasteiger partial charge in [-0.2, -0.15) is 0 Å². The number of hydrogen-bond acceptors (Lipinski definition) is 6.